The Labute approximate surface area is 119 Å². The van der Waals surface area contributed by atoms with E-state index in [1.165, 1.54) is 0 Å². The van der Waals surface area contributed by atoms with Gasteiger partial charge < -0.3 is 10.6 Å². The number of benzene rings is 1. The number of hydrogen-bond donors (Lipinski definition) is 1. The predicted octanol–water partition coefficient (Wildman–Crippen LogP) is 1.41. The highest BCUT2D eigenvalue weighted by atomic mass is 16.2. The summed E-state index contributed by atoms with van der Waals surface area (Å²) in [4.78, 5) is 14.3. The monoisotopic (exact) mass is 272 g/mol. The van der Waals surface area contributed by atoms with Crippen LogP contribution in [-0.2, 0) is 13.6 Å². The topological polar surface area (TPSA) is 64.2 Å². The SMILES string of the molecule is Cn1ccc(C(=O)N(CCCN)Cc2ccccc2)n1. The lowest BCUT2D eigenvalue weighted by molar-refractivity contribution is 0.0735. The first-order valence-corrected chi connectivity index (χ1v) is 6.73. The van der Waals surface area contributed by atoms with Crippen LogP contribution in [0, 0.1) is 0 Å². The van der Waals surface area contributed by atoms with Gasteiger partial charge in [-0.15, -0.1) is 0 Å². The quantitative estimate of drug-likeness (QED) is 0.864. The summed E-state index contributed by atoms with van der Waals surface area (Å²) in [5, 5.41) is 4.18. The fourth-order valence-electron chi connectivity index (χ4n) is 2.03. The minimum absolute atomic E-state index is 0.0529. The average Bonchev–Trinajstić information content (AvgIpc) is 2.90. The van der Waals surface area contributed by atoms with Crippen LogP contribution in [0.3, 0.4) is 0 Å². The van der Waals surface area contributed by atoms with Crippen molar-refractivity contribution < 1.29 is 4.79 Å². The van der Waals surface area contributed by atoms with E-state index in [9.17, 15) is 4.79 Å². The Morgan fingerprint density at radius 2 is 2.05 bits per heavy atom. The van der Waals surface area contributed by atoms with Crippen LogP contribution in [0.4, 0.5) is 0 Å². The maximum Gasteiger partial charge on any atom is 0.274 e. The molecule has 0 radical (unpaired) electrons. The fraction of sp³-hybridized carbons (Fsp3) is 0.333. The van der Waals surface area contributed by atoms with Crippen LogP contribution >= 0.6 is 0 Å². The van der Waals surface area contributed by atoms with Crippen LogP contribution in [0.15, 0.2) is 42.6 Å². The van der Waals surface area contributed by atoms with Gasteiger partial charge >= 0.3 is 0 Å². The maximum atomic E-state index is 12.5. The molecule has 2 aromatic rings. The molecule has 0 aliphatic rings. The third-order valence-corrected chi connectivity index (χ3v) is 3.07. The number of nitrogens with zero attached hydrogens (tertiary/aromatic N) is 3. The molecular formula is C15H20N4O. The molecule has 0 saturated heterocycles. The summed E-state index contributed by atoms with van der Waals surface area (Å²) in [6.45, 7) is 1.79. The Morgan fingerprint density at radius 3 is 2.65 bits per heavy atom. The number of aromatic nitrogens is 2. The lowest BCUT2D eigenvalue weighted by Gasteiger charge is -2.21. The van der Waals surface area contributed by atoms with Crippen molar-refractivity contribution in [2.24, 2.45) is 12.8 Å². The fourth-order valence-corrected chi connectivity index (χ4v) is 2.03. The normalized spacial score (nSPS) is 10.5. The molecule has 0 bridgehead atoms. The van der Waals surface area contributed by atoms with E-state index in [0.29, 0.717) is 25.3 Å². The zero-order valence-corrected chi connectivity index (χ0v) is 11.7. The minimum atomic E-state index is -0.0529. The van der Waals surface area contributed by atoms with Crippen LogP contribution < -0.4 is 5.73 Å². The Hall–Kier alpha value is -2.14. The van der Waals surface area contributed by atoms with E-state index >= 15 is 0 Å². The van der Waals surface area contributed by atoms with Crippen LogP contribution in [0.2, 0.25) is 0 Å². The third-order valence-electron chi connectivity index (χ3n) is 3.07. The van der Waals surface area contributed by atoms with E-state index in [1.807, 2.05) is 30.3 Å². The van der Waals surface area contributed by atoms with E-state index in [4.69, 9.17) is 5.73 Å². The number of nitrogens with two attached hydrogens (primary N) is 1. The van der Waals surface area contributed by atoms with Crippen molar-refractivity contribution in [2.75, 3.05) is 13.1 Å². The summed E-state index contributed by atoms with van der Waals surface area (Å²) in [6, 6.07) is 11.7. The number of aryl methyl sites for hydroxylation is 1. The maximum absolute atomic E-state index is 12.5. The average molecular weight is 272 g/mol. The van der Waals surface area contributed by atoms with Crippen LogP contribution in [-0.4, -0.2) is 33.7 Å². The van der Waals surface area contributed by atoms with Gasteiger partial charge in [0.2, 0.25) is 0 Å². The minimum Gasteiger partial charge on any atom is -0.333 e. The summed E-state index contributed by atoms with van der Waals surface area (Å²) in [5.41, 5.74) is 7.13. The second-order valence-corrected chi connectivity index (χ2v) is 4.73. The molecule has 0 spiro atoms. The molecule has 20 heavy (non-hydrogen) atoms. The van der Waals surface area contributed by atoms with E-state index < -0.39 is 0 Å². The molecule has 0 fully saturated rings. The van der Waals surface area contributed by atoms with Gasteiger partial charge in [0.25, 0.3) is 5.91 Å². The van der Waals surface area contributed by atoms with Gasteiger partial charge in [-0.1, -0.05) is 30.3 Å². The van der Waals surface area contributed by atoms with Crippen LogP contribution in [0.1, 0.15) is 22.5 Å². The molecule has 0 unspecified atom stereocenters. The first-order valence-electron chi connectivity index (χ1n) is 6.73. The molecule has 5 heteroatoms. The number of carbonyl (C=O) groups excluding carboxylic acids is 1. The molecule has 0 atom stereocenters. The van der Waals surface area contributed by atoms with Crippen molar-refractivity contribution in [3.63, 3.8) is 0 Å². The second-order valence-electron chi connectivity index (χ2n) is 4.73. The Kier molecular flexibility index (Phi) is 4.90. The smallest absolute Gasteiger partial charge is 0.274 e. The highest BCUT2D eigenvalue weighted by Crippen LogP contribution is 2.09. The van der Waals surface area contributed by atoms with Gasteiger partial charge in [-0.25, -0.2) is 0 Å². The van der Waals surface area contributed by atoms with Crippen molar-refractivity contribution in [1.29, 1.82) is 0 Å². The molecule has 106 valence electrons. The van der Waals surface area contributed by atoms with Gasteiger partial charge in [-0.2, -0.15) is 5.10 Å². The van der Waals surface area contributed by atoms with Gasteiger partial charge in [0, 0.05) is 26.3 Å². The molecule has 1 heterocycles. The summed E-state index contributed by atoms with van der Waals surface area (Å²) in [6.07, 6.45) is 2.56. The van der Waals surface area contributed by atoms with E-state index in [0.717, 1.165) is 12.0 Å². The summed E-state index contributed by atoms with van der Waals surface area (Å²) in [7, 11) is 1.80. The Balaban J connectivity index is 2.12. The zero-order chi connectivity index (χ0) is 14.4. The lowest BCUT2D eigenvalue weighted by atomic mass is 10.2. The number of hydrogen-bond acceptors (Lipinski definition) is 3. The lowest BCUT2D eigenvalue weighted by Crippen LogP contribution is -2.32. The Morgan fingerprint density at radius 1 is 1.30 bits per heavy atom. The van der Waals surface area contributed by atoms with Gasteiger partial charge in [0.15, 0.2) is 0 Å². The van der Waals surface area contributed by atoms with Crippen LogP contribution in [0.25, 0.3) is 0 Å². The molecule has 1 aromatic carbocycles. The number of amides is 1. The highest BCUT2D eigenvalue weighted by Gasteiger charge is 2.17. The predicted molar refractivity (Wildman–Crippen MR) is 78.1 cm³/mol. The third kappa shape index (κ3) is 3.68. The van der Waals surface area contributed by atoms with Gasteiger partial charge in [0.05, 0.1) is 0 Å². The molecular weight excluding hydrogens is 252 g/mol. The molecule has 1 aromatic heterocycles. The first kappa shape index (κ1) is 14.3. The largest absolute Gasteiger partial charge is 0.333 e. The van der Waals surface area contributed by atoms with Crippen molar-refractivity contribution in [2.45, 2.75) is 13.0 Å². The summed E-state index contributed by atoms with van der Waals surface area (Å²) >= 11 is 0. The van der Waals surface area contributed by atoms with Gasteiger partial charge in [-0.3, -0.25) is 9.48 Å². The summed E-state index contributed by atoms with van der Waals surface area (Å²) < 4.78 is 1.64. The van der Waals surface area contributed by atoms with Crippen molar-refractivity contribution >= 4 is 5.91 Å². The first-order chi connectivity index (χ1) is 9.70. The molecule has 0 saturated carbocycles. The molecule has 1 amide bonds. The molecule has 5 nitrogen and oxygen atoms in total. The molecule has 0 aliphatic heterocycles. The van der Waals surface area contributed by atoms with Crippen molar-refractivity contribution in [3.05, 3.63) is 53.9 Å². The highest BCUT2D eigenvalue weighted by molar-refractivity contribution is 5.92. The molecule has 2 N–H and O–H groups in total. The van der Waals surface area contributed by atoms with E-state index in [-0.39, 0.29) is 5.91 Å². The summed E-state index contributed by atoms with van der Waals surface area (Å²) in [5.74, 6) is -0.0529. The molecule has 0 aliphatic carbocycles. The van der Waals surface area contributed by atoms with Gasteiger partial charge in [-0.05, 0) is 24.6 Å². The second kappa shape index (κ2) is 6.86. The Bertz CT molecular complexity index is 550. The van der Waals surface area contributed by atoms with E-state index in [2.05, 4.69) is 5.10 Å². The standard InChI is InChI=1S/C15H20N4O/c1-18-11-8-14(17-18)15(20)19(10-5-9-16)12-13-6-3-2-4-7-13/h2-4,6-8,11H,5,9-10,12,16H2,1H3. The van der Waals surface area contributed by atoms with Gasteiger partial charge in [0.1, 0.15) is 5.69 Å². The number of rotatable bonds is 6. The molecule has 2 rings (SSSR count). The van der Waals surface area contributed by atoms with Crippen molar-refractivity contribution in [1.82, 2.24) is 14.7 Å². The van der Waals surface area contributed by atoms with Crippen LogP contribution in [0.5, 0.6) is 0 Å². The van der Waals surface area contributed by atoms with Crippen molar-refractivity contribution in [3.8, 4) is 0 Å². The zero-order valence-electron chi connectivity index (χ0n) is 11.7. The number of carbonyl (C=O) groups is 1. The van der Waals surface area contributed by atoms with E-state index in [1.54, 1.807) is 28.9 Å².